The summed E-state index contributed by atoms with van der Waals surface area (Å²) in [6.45, 7) is 4.36. The fraction of sp³-hybridized carbons (Fsp3) is 0.857. The van der Waals surface area contributed by atoms with Crippen molar-refractivity contribution in [2.45, 2.75) is 218 Å². The van der Waals surface area contributed by atoms with E-state index in [9.17, 15) is 14.7 Å². The zero-order valence-electron chi connectivity index (χ0n) is 33.0. The van der Waals surface area contributed by atoms with Crippen LogP contribution in [0.3, 0.4) is 0 Å². The van der Waals surface area contributed by atoms with Crippen molar-refractivity contribution in [1.82, 2.24) is 0 Å². The van der Waals surface area contributed by atoms with Gasteiger partial charge in [0.25, 0.3) is 0 Å². The molecule has 0 aliphatic carbocycles. The molecule has 0 rings (SSSR count). The average molecular weight is 949 g/mol. The number of carbonyl (C=O) groups is 2. The number of hydrogen-bond acceptors (Lipinski definition) is 7. The number of unbranched alkanes of at least 4 members (excludes halogenated alkanes) is 22. The molecule has 9 heteroatoms. The van der Waals surface area contributed by atoms with E-state index in [1.807, 2.05) is 0 Å². The normalized spacial score (nSPS) is 13.1. The molecule has 0 radical (unpaired) electrons. The van der Waals surface area contributed by atoms with E-state index in [0.29, 0.717) is 12.8 Å². The Labute approximate surface area is 349 Å². The van der Waals surface area contributed by atoms with Crippen LogP contribution in [0.15, 0.2) is 24.3 Å². The van der Waals surface area contributed by atoms with Gasteiger partial charge in [-0.15, -0.1) is 48.0 Å². The van der Waals surface area contributed by atoms with Crippen molar-refractivity contribution in [2.24, 2.45) is 11.5 Å². The predicted molar refractivity (Wildman–Crippen MR) is 238 cm³/mol. The Morgan fingerprint density at radius 1 is 0.549 bits per heavy atom. The molecule has 7 nitrogen and oxygen atoms in total. The number of hydrogen-bond donors (Lipinski definition) is 3. The molecule has 0 saturated heterocycles. The van der Waals surface area contributed by atoms with E-state index in [-0.39, 0.29) is 79.5 Å². The molecule has 304 valence electrons. The van der Waals surface area contributed by atoms with Gasteiger partial charge in [-0.05, 0) is 70.6 Å². The topological polar surface area (TPSA) is 125 Å². The van der Waals surface area contributed by atoms with Gasteiger partial charge in [-0.2, -0.15) is 0 Å². The fourth-order valence-corrected chi connectivity index (χ4v) is 6.12. The van der Waals surface area contributed by atoms with Crippen LogP contribution < -0.4 is 11.5 Å². The first-order chi connectivity index (χ1) is 24.0. The Bertz CT molecular complexity index is 799. The van der Waals surface area contributed by atoms with E-state index >= 15 is 0 Å². The van der Waals surface area contributed by atoms with Crippen LogP contribution in [0.4, 0.5) is 0 Å². The third-order valence-corrected chi connectivity index (χ3v) is 9.32. The minimum atomic E-state index is -0.870. The summed E-state index contributed by atoms with van der Waals surface area (Å²) in [6, 6.07) is -0.663. The highest BCUT2D eigenvalue weighted by atomic mass is 127. The van der Waals surface area contributed by atoms with Crippen molar-refractivity contribution in [3.8, 4) is 0 Å². The van der Waals surface area contributed by atoms with Crippen LogP contribution in [-0.4, -0.2) is 48.4 Å². The highest BCUT2D eigenvalue weighted by Crippen LogP contribution is 2.16. The highest BCUT2D eigenvalue weighted by Gasteiger charge is 2.32. The molecule has 0 aliphatic heterocycles. The maximum Gasteiger partial charge on any atom is 0.306 e. The molecule has 3 unspecified atom stereocenters. The quantitative estimate of drug-likeness (QED) is 0.0245. The van der Waals surface area contributed by atoms with E-state index in [2.05, 4.69) is 38.2 Å². The van der Waals surface area contributed by atoms with Gasteiger partial charge in [0.15, 0.2) is 12.2 Å². The number of carbonyl (C=O) groups excluding carboxylic acids is 2. The molecular weight excluding hydrogens is 866 g/mol. The molecule has 51 heavy (non-hydrogen) atoms. The second kappa shape index (κ2) is 44.2. The molecule has 0 aromatic carbocycles. The van der Waals surface area contributed by atoms with Crippen LogP contribution in [0, 0.1) is 0 Å². The van der Waals surface area contributed by atoms with Crippen LogP contribution >= 0.6 is 48.0 Å². The van der Waals surface area contributed by atoms with Crippen LogP contribution in [0.1, 0.15) is 200 Å². The van der Waals surface area contributed by atoms with Gasteiger partial charge in [-0.3, -0.25) is 9.59 Å². The van der Waals surface area contributed by atoms with Crippen LogP contribution in [0.2, 0.25) is 0 Å². The first-order valence-electron chi connectivity index (χ1n) is 20.7. The first-order valence-corrected chi connectivity index (χ1v) is 20.7. The summed E-state index contributed by atoms with van der Waals surface area (Å²) < 4.78 is 11.4. The molecule has 0 aromatic rings. The minimum absolute atomic E-state index is 0. The lowest BCUT2D eigenvalue weighted by atomic mass is 10.0. The SMILES string of the molecule is CCCCCCCCC=CCCCCCCCC(=O)OC(CN)C(OC(=O)CCCCCCCC=CCCCCCCCC)C(N)CCO.I.I. The molecule has 3 atom stereocenters. The smallest absolute Gasteiger partial charge is 0.306 e. The fourth-order valence-electron chi connectivity index (χ4n) is 6.12. The molecule has 0 aliphatic rings. The zero-order chi connectivity index (χ0) is 36.0. The number of halogens is 2. The molecule has 0 amide bonds. The van der Waals surface area contributed by atoms with Crippen molar-refractivity contribution < 1.29 is 24.2 Å². The summed E-state index contributed by atoms with van der Waals surface area (Å²) in [7, 11) is 0. The summed E-state index contributed by atoms with van der Waals surface area (Å²) in [5, 5.41) is 9.44. The Hall–Kier alpha value is -0.240. The lowest BCUT2D eigenvalue weighted by molar-refractivity contribution is -0.169. The van der Waals surface area contributed by atoms with Gasteiger partial charge < -0.3 is 26.0 Å². The standard InChI is InChI=1S/C42H80N2O5.2HI/c1-3-5-7-9-11-13-15-17-19-21-23-25-27-29-31-33-40(46)48-39(37-43)42(38(44)35-36-45)49-41(47)34-32-30-28-26-24-22-20-18-16-14-12-10-8-6-4-2;;/h17-20,38-39,42,45H,3-16,21-37,43-44H2,1-2H3;2*1H. The monoisotopic (exact) mass is 948 g/mol. The maximum absolute atomic E-state index is 12.7. The minimum Gasteiger partial charge on any atom is -0.457 e. The number of esters is 2. The second-order valence-corrected chi connectivity index (χ2v) is 14.1. The largest absolute Gasteiger partial charge is 0.457 e. The highest BCUT2D eigenvalue weighted by molar-refractivity contribution is 14.0. The number of allylic oxidation sites excluding steroid dienone is 4. The summed E-state index contributed by atoms with van der Waals surface area (Å²) in [4.78, 5) is 25.3. The zero-order valence-corrected chi connectivity index (χ0v) is 37.7. The Morgan fingerprint density at radius 2 is 0.882 bits per heavy atom. The Morgan fingerprint density at radius 3 is 1.24 bits per heavy atom. The van der Waals surface area contributed by atoms with Crippen molar-refractivity contribution in [1.29, 1.82) is 0 Å². The molecular formula is C42H82I2N2O5. The van der Waals surface area contributed by atoms with Gasteiger partial charge >= 0.3 is 11.9 Å². The average Bonchev–Trinajstić information content (AvgIpc) is 3.09. The third-order valence-electron chi connectivity index (χ3n) is 9.32. The van der Waals surface area contributed by atoms with Gasteiger partial charge in [0.2, 0.25) is 0 Å². The molecule has 0 fully saturated rings. The van der Waals surface area contributed by atoms with Gasteiger partial charge in [0.05, 0.1) is 0 Å². The van der Waals surface area contributed by atoms with E-state index in [0.717, 1.165) is 64.2 Å². The number of ether oxygens (including phenoxy) is 2. The van der Waals surface area contributed by atoms with Crippen molar-refractivity contribution in [3.63, 3.8) is 0 Å². The molecule has 0 saturated carbocycles. The number of aliphatic hydroxyl groups excluding tert-OH is 1. The van der Waals surface area contributed by atoms with Crippen molar-refractivity contribution in [3.05, 3.63) is 24.3 Å². The van der Waals surface area contributed by atoms with Crippen molar-refractivity contribution >= 4 is 59.9 Å². The van der Waals surface area contributed by atoms with Gasteiger partial charge in [-0.25, -0.2) is 0 Å². The van der Waals surface area contributed by atoms with Crippen LogP contribution in [0.25, 0.3) is 0 Å². The summed E-state index contributed by atoms with van der Waals surface area (Å²) in [5.74, 6) is -0.703. The third kappa shape index (κ3) is 37.9. The summed E-state index contributed by atoms with van der Waals surface area (Å²) in [6.07, 6.45) is 39.5. The van der Waals surface area contributed by atoms with E-state index in [4.69, 9.17) is 20.9 Å². The van der Waals surface area contributed by atoms with E-state index in [1.54, 1.807) is 0 Å². The first kappa shape index (κ1) is 55.1. The predicted octanol–water partition coefficient (Wildman–Crippen LogP) is 11.8. The number of rotatable bonds is 37. The van der Waals surface area contributed by atoms with Crippen molar-refractivity contribution in [2.75, 3.05) is 13.2 Å². The van der Waals surface area contributed by atoms with Crippen LogP contribution in [0.5, 0.6) is 0 Å². The summed E-state index contributed by atoms with van der Waals surface area (Å²) in [5.41, 5.74) is 12.2. The summed E-state index contributed by atoms with van der Waals surface area (Å²) >= 11 is 0. The Kier molecular flexibility index (Phi) is 47.7. The van der Waals surface area contributed by atoms with E-state index < -0.39 is 18.2 Å². The lowest BCUT2D eigenvalue weighted by Gasteiger charge is -2.30. The van der Waals surface area contributed by atoms with Gasteiger partial charge in [0, 0.05) is 32.0 Å². The Balaban J connectivity index is -0.0000115. The van der Waals surface area contributed by atoms with Gasteiger partial charge in [-0.1, -0.05) is 141 Å². The molecule has 0 spiro atoms. The maximum atomic E-state index is 12.7. The second-order valence-electron chi connectivity index (χ2n) is 14.1. The van der Waals surface area contributed by atoms with Crippen LogP contribution in [-0.2, 0) is 19.1 Å². The van der Waals surface area contributed by atoms with E-state index in [1.165, 1.54) is 103 Å². The molecule has 0 heterocycles. The number of aliphatic hydroxyl groups is 1. The molecule has 0 bridgehead atoms. The molecule has 0 aromatic heterocycles. The molecule has 5 N–H and O–H groups in total. The number of nitrogens with two attached hydrogens (primary N) is 2. The van der Waals surface area contributed by atoms with Gasteiger partial charge in [0.1, 0.15) is 0 Å². The lowest BCUT2D eigenvalue weighted by Crippen LogP contribution is -2.51.